The van der Waals surface area contributed by atoms with Gasteiger partial charge in [-0.25, -0.2) is 4.79 Å². The molecule has 10 nitrogen and oxygen atoms in total. The molecule has 6 rings (SSSR count). The van der Waals surface area contributed by atoms with E-state index in [4.69, 9.17) is 14.2 Å². The summed E-state index contributed by atoms with van der Waals surface area (Å²) in [4.78, 5) is 34.8. The van der Waals surface area contributed by atoms with Crippen LogP contribution in [0.25, 0.3) is 10.8 Å². The smallest absolute Gasteiger partial charge is 0.328 e. The molecular weight excluding hydrogens is 584 g/mol. The normalized spacial score (nSPS) is 23.1. The van der Waals surface area contributed by atoms with Crippen LogP contribution >= 0.6 is 0 Å². The van der Waals surface area contributed by atoms with Gasteiger partial charge >= 0.3 is 6.03 Å². The third-order valence-corrected chi connectivity index (χ3v) is 9.71. The fourth-order valence-electron chi connectivity index (χ4n) is 7.34. The number of carbonyl (C=O) groups is 2. The maximum atomic E-state index is 13.8. The Morgan fingerprint density at radius 3 is 2.30 bits per heavy atom. The summed E-state index contributed by atoms with van der Waals surface area (Å²) < 4.78 is 15.8. The zero-order valence-corrected chi connectivity index (χ0v) is 28.0. The van der Waals surface area contributed by atoms with Crippen molar-refractivity contribution in [2.75, 3.05) is 67.2 Å². The van der Waals surface area contributed by atoms with E-state index in [-0.39, 0.29) is 29.6 Å². The number of methoxy groups -OCH3 is 2. The molecule has 3 heterocycles. The van der Waals surface area contributed by atoms with E-state index in [1.165, 1.54) is 28.3 Å². The van der Waals surface area contributed by atoms with Gasteiger partial charge in [-0.3, -0.25) is 19.5 Å². The molecule has 1 N–H and O–H groups in total. The molecule has 0 bridgehead atoms. The van der Waals surface area contributed by atoms with E-state index in [0.717, 1.165) is 30.8 Å². The number of rotatable bonds is 9. The Hall–Kier alpha value is -3.86. The summed E-state index contributed by atoms with van der Waals surface area (Å²) in [5.41, 5.74) is 1.35. The van der Waals surface area contributed by atoms with Gasteiger partial charge in [-0.05, 0) is 67.9 Å². The van der Waals surface area contributed by atoms with Crippen molar-refractivity contribution < 1.29 is 28.9 Å². The first kappa shape index (κ1) is 33.5. The Morgan fingerprint density at radius 1 is 0.957 bits per heavy atom. The van der Waals surface area contributed by atoms with Crippen LogP contribution in [0.2, 0.25) is 0 Å². The molecule has 46 heavy (non-hydrogen) atoms. The molecule has 3 amide bonds. The Morgan fingerprint density at radius 2 is 1.63 bits per heavy atom. The lowest BCUT2D eigenvalue weighted by Crippen LogP contribution is -2.57. The fourth-order valence-corrected chi connectivity index (χ4v) is 7.34. The van der Waals surface area contributed by atoms with Crippen LogP contribution in [-0.2, 0) is 16.1 Å². The van der Waals surface area contributed by atoms with Crippen LogP contribution in [0.1, 0.15) is 31.4 Å². The predicted molar refractivity (Wildman–Crippen MR) is 178 cm³/mol. The Balaban J connectivity index is 0.000000266. The number of benzene rings is 3. The first-order valence-electron chi connectivity index (χ1n) is 16.1. The van der Waals surface area contributed by atoms with Crippen molar-refractivity contribution in [3.05, 3.63) is 65.7 Å². The topological polar surface area (TPSA) is 95.0 Å². The van der Waals surface area contributed by atoms with E-state index < -0.39 is 5.54 Å². The minimum atomic E-state index is -0.856. The molecule has 3 saturated heterocycles. The highest BCUT2D eigenvalue weighted by atomic mass is 16.5. The van der Waals surface area contributed by atoms with E-state index in [1.54, 1.807) is 19.2 Å². The minimum absolute atomic E-state index is 0.0169. The summed E-state index contributed by atoms with van der Waals surface area (Å²) in [5, 5.41) is 12.6. The van der Waals surface area contributed by atoms with E-state index in [2.05, 4.69) is 47.9 Å². The lowest BCUT2D eigenvalue weighted by atomic mass is 9.85. The molecule has 3 aromatic rings. The summed E-state index contributed by atoms with van der Waals surface area (Å²) in [5.74, 6) is 1.44. The van der Waals surface area contributed by atoms with Gasteiger partial charge < -0.3 is 24.2 Å². The zero-order chi connectivity index (χ0) is 33.0. The minimum Gasteiger partial charge on any atom is -0.504 e. The number of urea groups is 1. The largest absolute Gasteiger partial charge is 0.504 e. The van der Waals surface area contributed by atoms with Crippen molar-refractivity contribution in [3.8, 4) is 17.2 Å². The first-order valence-corrected chi connectivity index (χ1v) is 16.1. The van der Waals surface area contributed by atoms with Crippen molar-refractivity contribution in [2.45, 2.75) is 45.3 Å². The second kappa shape index (κ2) is 14.3. The van der Waals surface area contributed by atoms with Crippen molar-refractivity contribution in [3.63, 3.8) is 0 Å². The van der Waals surface area contributed by atoms with Gasteiger partial charge in [0.1, 0.15) is 11.3 Å². The second-order valence-corrected chi connectivity index (χ2v) is 12.8. The van der Waals surface area contributed by atoms with Crippen molar-refractivity contribution in [1.82, 2.24) is 19.6 Å². The number of likely N-dealkylation sites (N-methyl/N-ethyl adjacent to an activating group) is 1. The SMILES string of the molecule is COc1ccc(C)c2ccccc12.COc1ccc(CN(C)C[C@]23C(=O)N(CCN4CCOCC4)C(=O)N2C(C)C[C@@H]3C)cc1O. The van der Waals surface area contributed by atoms with Crippen LogP contribution in [0.4, 0.5) is 4.79 Å². The highest BCUT2D eigenvalue weighted by Gasteiger charge is 2.65. The lowest BCUT2D eigenvalue weighted by molar-refractivity contribution is -0.135. The van der Waals surface area contributed by atoms with E-state index in [1.807, 2.05) is 37.1 Å². The van der Waals surface area contributed by atoms with Gasteiger partial charge in [-0.1, -0.05) is 43.3 Å². The van der Waals surface area contributed by atoms with E-state index >= 15 is 0 Å². The molecule has 1 unspecified atom stereocenters. The molecule has 0 spiro atoms. The molecule has 248 valence electrons. The van der Waals surface area contributed by atoms with Crippen molar-refractivity contribution >= 4 is 22.7 Å². The molecule has 0 aliphatic carbocycles. The van der Waals surface area contributed by atoms with Crippen LogP contribution in [-0.4, -0.2) is 115 Å². The number of phenols is 1. The molecule has 0 aromatic heterocycles. The molecule has 3 fully saturated rings. The van der Waals surface area contributed by atoms with Crippen LogP contribution < -0.4 is 9.47 Å². The van der Waals surface area contributed by atoms with E-state index in [0.29, 0.717) is 45.1 Å². The molecule has 0 radical (unpaired) electrons. The van der Waals surface area contributed by atoms with Crippen LogP contribution in [0, 0.1) is 12.8 Å². The number of ether oxygens (including phenoxy) is 3. The standard InChI is InChI=1S/C24H36N4O5.C12H12O/c1-17-13-18(2)28-23(31)27(8-7-26-9-11-33-12-10-26)22(30)24(17,28)16-25(3)15-19-5-6-21(32-4)20(29)14-19;1-9-7-8-12(13-2)11-6-4-3-5-10(9)11/h5-6,14,17-18,29H,7-13,15-16H2,1-4H3;3-8H,1-2H3/t17-,18?,24-;/m0./s1. The summed E-state index contributed by atoms with van der Waals surface area (Å²) >= 11 is 0. The lowest BCUT2D eigenvalue weighted by Gasteiger charge is -2.37. The summed E-state index contributed by atoms with van der Waals surface area (Å²) in [6, 6.07) is 17.6. The van der Waals surface area contributed by atoms with Crippen molar-refractivity contribution in [1.29, 1.82) is 0 Å². The average Bonchev–Trinajstić information content (AvgIpc) is 3.42. The number of phenolic OH excluding ortho intramolecular Hbond substituents is 1. The maximum absolute atomic E-state index is 13.8. The number of fused-ring (bicyclic) bond motifs is 2. The Labute approximate surface area is 272 Å². The highest BCUT2D eigenvalue weighted by molar-refractivity contribution is 6.08. The monoisotopic (exact) mass is 632 g/mol. The maximum Gasteiger partial charge on any atom is 0.328 e. The van der Waals surface area contributed by atoms with E-state index in [9.17, 15) is 14.7 Å². The molecular formula is C36H48N4O6. The number of aromatic hydroxyl groups is 1. The summed E-state index contributed by atoms with van der Waals surface area (Å²) in [6.07, 6.45) is 0.811. The van der Waals surface area contributed by atoms with Gasteiger partial charge in [0.2, 0.25) is 0 Å². The number of nitrogens with zero attached hydrogens (tertiary/aromatic N) is 4. The third-order valence-electron chi connectivity index (χ3n) is 9.71. The van der Waals surface area contributed by atoms with Crippen molar-refractivity contribution in [2.24, 2.45) is 5.92 Å². The molecule has 3 aromatic carbocycles. The second-order valence-electron chi connectivity index (χ2n) is 12.8. The van der Waals surface area contributed by atoms with Crippen LogP contribution in [0.5, 0.6) is 17.2 Å². The predicted octanol–water partition coefficient (Wildman–Crippen LogP) is 4.75. The zero-order valence-electron chi connectivity index (χ0n) is 28.0. The number of carbonyl (C=O) groups excluding carboxylic acids is 2. The van der Waals surface area contributed by atoms with Gasteiger partial charge in [0.15, 0.2) is 11.5 Å². The number of aryl methyl sites for hydroxylation is 1. The van der Waals surface area contributed by atoms with Gasteiger partial charge in [0.05, 0.1) is 27.4 Å². The van der Waals surface area contributed by atoms with Crippen LogP contribution in [0.3, 0.4) is 0 Å². The van der Waals surface area contributed by atoms with Crippen LogP contribution in [0.15, 0.2) is 54.6 Å². The summed E-state index contributed by atoms with van der Waals surface area (Å²) in [7, 11) is 5.18. The summed E-state index contributed by atoms with van der Waals surface area (Å²) in [6.45, 7) is 11.4. The van der Waals surface area contributed by atoms with Gasteiger partial charge in [0.25, 0.3) is 5.91 Å². The third kappa shape index (κ3) is 6.52. The number of imide groups is 1. The van der Waals surface area contributed by atoms with Gasteiger partial charge in [-0.2, -0.15) is 0 Å². The molecule has 3 atom stereocenters. The quantitative estimate of drug-likeness (QED) is 0.338. The molecule has 3 aliphatic rings. The van der Waals surface area contributed by atoms with Gasteiger partial charge in [-0.15, -0.1) is 0 Å². The first-order chi connectivity index (χ1) is 22.1. The molecule has 10 heteroatoms. The molecule has 0 saturated carbocycles. The fraction of sp³-hybridized carbons (Fsp3) is 0.500. The Kier molecular flexibility index (Phi) is 10.4. The number of amides is 3. The Bertz CT molecular complexity index is 1540. The molecule has 3 aliphatic heterocycles. The highest BCUT2D eigenvalue weighted by Crippen LogP contribution is 2.46. The number of hydrogen-bond acceptors (Lipinski definition) is 8. The average molecular weight is 633 g/mol. The number of hydrogen-bond donors (Lipinski definition) is 1. The van der Waals surface area contributed by atoms with Gasteiger partial charge in [0, 0.05) is 50.7 Å². The number of morpholine rings is 1.